The maximum absolute atomic E-state index is 13.2. The SMILES string of the molecule is CCCCN(Cc1cccn1Cc1cccc(C)c1)C(=O)c1ccc(OC)cc1. The maximum Gasteiger partial charge on any atom is 0.254 e. The first-order valence-corrected chi connectivity index (χ1v) is 10.2. The number of carbonyl (C=O) groups is 1. The summed E-state index contributed by atoms with van der Waals surface area (Å²) in [6.45, 7) is 6.42. The van der Waals surface area contributed by atoms with E-state index in [1.807, 2.05) is 29.2 Å². The van der Waals surface area contributed by atoms with Gasteiger partial charge in [-0.3, -0.25) is 4.79 Å². The van der Waals surface area contributed by atoms with Crippen molar-refractivity contribution in [2.24, 2.45) is 0 Å². The molecule has 0 N–H and O–H groups in total. The fourth-order valence-electron chi connectivity index (χ4n) is 3.47. The van der Waals surface area contributed by atoms with E-state index in [0.29, 0.717) is 12.1 Å². The van der Waals surface area contributed by atoms with Gasteiger partial charge in [0.1, 0.15) is 5.75 Å². The van der Waals surface area contributed by atoms with E-state index in [-0.39, 0.29) is 5.91 Å². The van der Waals surface area contributed by atoms with Gasteiger partial charge in [-0.2, -0.15) is 0 Å². The molecule has 0 bridgehead atoms. The van der Waals surface area contributed by atoms with Crippen LogP contribution in [0.15, 0.2) is 66.9 Å². The van der Waals surface area contributed by atoms with Gasteiger partial charge >= 0.3 is 0 Å². The third-order valence-corrected chi connectivity index (χ3v) is 5.12. The van der Waals surface area contributed by atoms with Crippen molar-refractivity contribution >= 4 is 5.91 Å². The topological polar surface area (TPSA) is 34.5 Å². The zero-order chi connectivity index (χ0) is 20.6. The molecular formula is C25H30N2O2. The second kappa shape index (κ2) is 9.97. The largest absolute Gasteiger partial charge is 0.497 e. The Balaban J connectivity index is 1.78. The lowest BCUT2D eigenvalue weighted by molar-refractivity contribution is 0.0737. The lowest BCUT2D eigenvalue weighted by Gasteiger charge is -2.24. The standard InChI is InChI=1S/C25H30N2O2/c1-4-5-15-27(25(28)22-11-13-24(29-3)14-12-22)19-23-10-7-16-26(23)18-21-9-6-8-20(2)17-21/h6-14,16-17H,4-5,15,18-19H2,1-3H3. The molecule has 0 aliphatic rings. The number of amides is 1. The predicted octanol–water partition coefficient (Wildman–Crippen LogP) is 5.30. The molecule has 0 aliphatic carbocycles. The molecule has 0 saturated carbocycles. The first kappa shape index (κ1) is 20.7. The van der Waals surface area contributed by atoms with Gasteiger partial charge in [-0.1, -0.05) is 43.2 Å². The Bertz CT molecular complexity index is 928. The van der Waals surface area contributed by atoms with Crippen molar-refractivity contribution in [1.82, 2.24) is 9.47 Å². The van der Waals surface area contributed by atoms with E-state index in [1.165, 1.54) is 11.1 Å². The molecule has 0 aliphatic heterocycles. The van der Waals surface area contributed by atoms with Crippen LogP contribution in [-0.2, 0) is 13.1 Å². The number of rotatable bonds is 9. The number of ether oxygens (including phenoxy) is 1. The summed E-state index contributed by atoms with van der Waals surface area (Å²) in [6.07, 6.45) is 4.13. The van der Waals surface area contributed by atoms with Gasteiger partial charge in [0.15, 0.2) is 0 Å². The van der Waals surface area contributed by atoms with Gasteiger partial charge in [-0.05, 0) is 55.3 Å². The number of carbonyl (C=O) groups excluding carboxylic acids is 1. The van der Waals surface area contributed by atoms with Crippen molar-refractivity contribution in [3.05, 3.63) is 89.2 Å². The molecule has 1 heterocycles. The molecule has 3 rings (SSSR count). The van der Waals surface area contributed by atoms with Crippen molar-refractivity contribution in [3.63, 3.8) is 0 Å². The van der Waals surface area contributed by atoms with Crippen LogP contribution in [0, 0.1) is 6.92 Å². The molecule has 3 aromatic rings. The van der Waals surface area contributed by atoms with Gasteiger partial charge in [0.05, 0.1) is 13.7 Å². The lowest BCUT2D eigenvalue weighted by atomic mass is 10.1. The molecule has 2 aromatic carbocycles. The molecule has 0 unspecified atom stereocenters. The average molecular weight is 391 g/mol. The summed E-state index contributed by atoms with van der Waals surface area (Å²) in [4.78, 5) is 15.1. The Morgan fingerprint density at radius 1 is 1.07 bits per heavy atom. The Labute approximate surface area is 173 Å². The Morgan fingerprint density at radius 2 is 1.86 bits per heavy atom. The summed E-state index contributed by atoms with van der Waals surface area (Å²) >= 11 is 0. The number of hydrogen-bond acceptors (Lipinski definition) is 2. The summed E-state index contributed by atoms with van der Waals surface area (Å²) in [6, 6.07) is 20.1. The van der Waals surface area contributed by atoms with Crippen LogP contribution in [0.2, 0.25) is 0 Å². The maximum atomic E-state index is 13.2. The highest BCUT2D eigenvalue weighted by molar-refractivity contribution is 5.94. The van der Waals surface area contributed by atoms with E-state index in [0.717, 1.165) is 37.4 Å². The first-order valence-electron chi connectivity index (χ1n) is 10.2. The second-order valence-electron chi connectivity index (χ2n) is 7.43. The molecule has 0 saturated heterocycles. The van der Waals surface area contributed by atoms with Crippen LogP contribution in [0.1, 0.15) is 46.9 Å². The van der Waals surface area contributed by atoms with Crippen molar-refractivity contribution in [2.75, 3.05) is 13.7 Å². The number of aryl methyl sites for hydroxylation is 1. The summed E-state index contributed by atoms with van der Waals surface area (Å²) in [5.41, 5.74) is 4.36. The zero-order valence-corrected chi connectivity index (χ0v) is 17.6. The third kappa shape index (κ3) is 5.50. The number of benzene rings is 2. The molecule has 152 valence electrons. The molecule has 0 radical (unpaired) electrons. The van der Waals surface area contributed by atoms with Crippen molar-refractivity contribution < 1.29 is 9.53 Å². The minimum absolute atomic E-state index is 0.0596. The Kier molecular flexibility index (Phi) is 7.12. The molecule has 1 amide bonds. The van der Waals surface area contributed by atoms with E-state index in [4.69, 9.17) is 4.74 Å². The molecule has 4 nitrogen and oxygen atoms in total. The Hall–Kier alpha value is -3.01. The van der Waals surface area contributed by atoms with Crippen LogP contribution in [0.4, 0.5) is 0 Å². The van der Waals surface area contributed by atoms with E-state index in [2.05, 4.69) is 61.0 Å². The number of unbranched alkanes of at least 4 members (excludes halogenated alkanes) is 1. The van der Waals surface area contributed by atoms with E-state index in [1.54, 1.807) is 7.11 Å². The lowest BCUT2D eigenvalue weighted by Crippen LogP contribution is -2.32. The number of methoxy groups -OCH3 is 1. The van der Waals surface area contributed by atoms with Gasteiger partial charge in [0.25, 0.3) is 5.91 Å². The smallest absolute Gasteiger partial charge is 0.254 e. The van der Waals surface area contributed by atoms with E-state index < -0.39 is 0 Å². The minimum Gasteiger partial charge on any atom is -0.497 e. The molecule has 4 heteroatoms. The molecule has 0 fully saturated rings. The van der Waals surface area contributed by atoms with Crippen molar-refractivity contribution in [2.45, 2.75) is 39.8 Å². The molecule has 0 spiro atoms. The van der Waals surface area contributed by atoms with Gasteiger partial charge in [0, 0.05) is 30.5 Å². The quantitative estimate of drug-likeness (QED) is 0.497. The fourth-order valence-corrected chi connectivity index (χ4v) is 3.47. The predicted molar refractivity (Wildman–Crippen MR) is 117 cm³/mol. The van der Waals surface area contributed by atoms with Crippen LogP contribution in [0.25, 0.3) is 0 Å². The summed E-state index contributed by atoms with van der Waals surface area (Å²) in [5, 5.41) is 0. The van der Waals surface area contributed by atoms with E-state index >= 15 is 0 Å². The highest BCUT2D eigenvalue weighted by Crippen LogP contribution is 2.17. The summed E-state index contributed by atoms with van der Waals surface area (Å²) in [7, 11) is 1.63. The summed E-state index contributed by atoms with van der Waals surface area (Å²) < 4.78 is 7.44. The van der Waals surface area contributed by atoms with Crippen molar-refractivity contribution in [1.29, 1.82) is 0 Å². The number of hydrogen-bond donors (Lipinski definition) is 0. The highest BCUT2D eigenvalue weighted by atomic mass is 16.5. The number of nitrogens with zero attached hydrogens (tertiary/aromatic N) is 2. The molecule has 29 heavy (non-hydrogen) atoms. The van der Waals surface area contributed by atoms with Crippen molar-refractivity contribution in [3.8, 4) is 5.75 Å². The normalized spacial score (nSPS) is 10.7. The van der Waals surface area contributed by atoms with Crippen LogP contribution >= 0.6 is 0 Å². The minimum atomic E-state index is 0.0596. The van der Waals surface area contributed by atoms with Gasteiger partial charge in [0.2, 0.25) is 0 Å². The second-order valence-corrected chi connectivity index (χ2v) is 7.43. The molecular weight excluding hydrogens is 360 g/mol. The van der Waals surface area contributed by atoms with Gasteiger partial charge in [-0.25, -0.2) is 0 Å². The van der Waals surface area contributed by atoms with E-state index in [9.17, 15) is 4.79 Å². The van der Waals surface area contributed by atoms with Crippen LogP contribution in [0.5, 0.6) is 5.75 Å². The molecule has 1 aromatic heterocycles. The van der Waals surface area contributed by atoms with Crippen LogP contribution in [-0.4, -0.2) is 29.0 Å². The van der Waals surface area contributed by atoms with Crippen LogP contribution < -0.4 is 4.74 Å². The number of aromatic nitrogens is 1. The van der Waals surface area contributed by atoms with Crippen LogP contribution in [0.3, 0.4) is 0 Å². The highest BCUT2D eigenvalue weighted by Gasteiger charge is 2.17. The van der Waals surface area contributed by atoms with Gasteiger partial charge in [-0.15, -0.1) is 0 Å². The summed E-state index contributed by atoms with van der Waals surface area (Å²) in [5.74, 6) is 0.818. The average Bonchev–Trinajstić information content (AvgIpc) is 3.17. The first-order chi connectivity index (χ1) is 14.1. The Morgan fingerprint density at radius 3 is 2.55 bits per heavy atom. The third-order valence-electron chi connectivity index (χ3n) is 5.12. The monoisotopic (exact) mass is 390 g/mol. The molecule has 0 atom stereocenters. The zero-order valence-electron chi connectivity index (χ0n) is 17.6. The fraction of sp³-hybridized carbons (Fsp3) is 0.320. The van der Waals surface area contributed by atoms with Gasteiger partial charge < -0.3 is 14.2 Å².